The van der Waals surface area contributed by atoms with Crippen LogP contribution in [0.5, 0.6) is 0 Å². The summed E-state index contributed by atoms with van der Waals surface area (Å²) in [5.41, 5.74) is 1.51. The summed E-state index contributed by atoms with van der Waals surface area (Å²) in [5.74, 6) is 1.05. The highest BCUT2D eigenvalue weighted by Gasteiger charge is 2.21. The second-order valence-corrected chi connectivity index (χ2v) is 6.88. The van der Waals surface area contributed by atoms with Crippen LogP contribution in [0.1, 0.15) is 56.4 Å². The van der Waals surface area contributed by atoms with Gasteiger partial charge in [0.05, 0.1) is 5.39 Å². The Bertz CT molecular complexity index is 591. The molecule has 1 N–H and O–H groups in total. The van der Waals surface area contributed by atoms with Crippen LogP contribution in [0.4, 0.5) is 5.82 Å². The number of anilines is 1. The van der Waals surface area contributed by atoms with Crippen LogP contribution in [0.15, 0.2) is 6.33 Å². The number of nitrogens with one attached hydrogen (secondary N) is 1. The third kappa shape index (κ3) is 2.66. The maximum absolute atomic E-state index is 4.51. The average Bonchev–Trinajstić information content (AvgIpc) is 2.99. The average molecular weight is 289 g/mol. The van der Waals surface area contributed by atoms with Crippen molar-refractivity contribution in [3.8, 4) is 0 Å². The minimum Gasteiger partial charge on any atom is -0.367 e. The molecule has 0 saturated carbocycles. The molecule has 3 rings (SSSR count). The lowest BCUT2D eigenvalue weighted by Crippen LogP contribution is -2.16. The second-order valence-electron chi connectivity index (χ2n) is 5.80. The van der Waals surface area contributed by atoms with Gasteiger partial charge in [0.1, 0.15) is 17.0 Å². The lowest BCUT2D eigenvalue weighted by Gasteiger charge is -2.15. The van der Waals surface area contributed by atoms with Crippen LogP contribution in [0.3, 0.4) is 0 Å². The molecule has 2 aromatic heterocycles. The van der Waals surface area contributed by atoms with Gasteiger partial charge >= 0.3 is 0 Å². The summed E-state index contributed by atoms with van der Waals surface area (Å²) < 4.78 is 0. The second kappa shape index (κ2) is 6.08. The van der Waals surface area contributed by atoms with Crippen LogP contribution in [0.25, 0.3) is 10.2 Å². The first-order valence-corrected chi connectivity index (χ1v) is 8.63. The zero-order valence-electron chi connectivity index (χ0n) is 12.4. The first kappa shape index (κ1) is 13.8. The maximum atomic E-state index is 4.51. The molecule has 3 nitrogen and oxygen atoms in total. The number of hydrogen-bond donors (Lipinski definition) is 1. The number of aromatic nitrogens is 2. The SMILES string of the molecule is CCCCCC(C)Nc1ncnc2sc3c(c12)CCC3. The molecule has 0 amide bonds. The van der Waals surface area contributed by atoms with Crippen molar-refractivity contribution < 1.29 is 0 Å². The Hall–Kier alpha value is -1.16. The summed E-state index contributed by atoms with van der Waals surface area (Å²) in [7, 11) is 0. The molecule has 1 atom stereocenters. The fraction of sp³-hybridized carbons (Fsp3) is 0.625. The van der Waals surface area contributed by atoms with Gasteiger partial charge in [-0.1, -0.05) is 26.2 Å². The van der Waals surface area contributed by atoms with Gasteiger partial charge in [-0.15, -0.1) is 11.3 Å². The van der Waals surface area contributed by atoms with E-state index in [2.05, 4.69) is 29.1 Å². The molecule has 1 aliphatic rings. The molecular formula is C16H23N3S. The van der Waals surface area contributed by atoms with Gasteiger partial charge in [0, 0.05) is 10.9 Å². The third-order valence-electron chi connectivity index (χ3n) is 4.13. The fourth-order valence-electron chi connectivity index (χ4n) is 3.04. The van der Waals surface area contributed by atoms with E-state index in [9.17, 15) is 0 Å². The number of fused-ring (bicyclic) bond motifs is 3. The Morgan fingerprint density at radius 1 is 1.30 bits per heavy atom. The van der Waals surface area contributed by atoms with Crippen molar-refractivity contribution in [2.24, 2.45) is 0 Å². The molecule has 0 spiro atoms. The van der Waals surface area contributed by atoms with Gasteiger partial charge in [-0.05, 0) is 38.2 Å². The predicted molar refractivity (Wildman–Crippen MR) is 86.7 cm³/mol. The number of hydrogen-bond acceptors (Lipinski definition) is 4. The van der Waals surface area contributed by atoms with Crippen molar-refractivity contribution in [1.82, 2.24) is 9.97 Å². The molecular weight excluding hydrogens is 266 g/mol. The maximum Gasteiger partial charge on any atom is 0.138 e. The molecule has 4 heteroatoms. The molecule has 108 valence electrons. The van der Waals surface area contributed by atoms with Crippen LogP contribution in [-0.2, 0) is 12.8 Å². The molecule has 1 aliphatic carbocycles. The number of thiophene rings is 1. The highest BCUT2D eigenvalue weighted by Crippen LogP contribution is 2.39. The van der Waals surface area contributed by atoms with Crippen molar-refractivity contribution in [2.45, 2.75) is 64.8 Å². The number of aryl methyl sites for hydroxylation is 2. The van der Waals surface area contributed by atoms with Gasteiger partial charge in [-0.2, -0.15) is 0 Å². The van der Waals surface area contributed by atoms with Crippen LogP contribution in [0.2, 0.25) is 0 Å². The van der Waals surface area contributed by atoms with Gasteiger partial charge in [-0.3, -0.25) is 0 Å². The van der Waals surface area contributed by atoms with E-state index in [4.69, 9.17) is 0 Å². The Morgan fingerprint density at radius 3 is 3.05 bits per heavy atom. The van der Waals surface area contributed by atoms with Gasteiger partial charge in [0.25, 0.3) is 0 Å². The zero-order valence-corrected chi connectivity index (χ0v) is 13.2. The van der Waals surface area contributed by atoms with Crippen molar-refractivity contribution in [3.63, 3.8) is 0 Å². The van der Waals surface area contributed by atoms with Crippen LogP contribution in [0, 0.1) is 0 Å². The normalized spacial score (nSPS) is 15.5. The summed E-state index contributed by atoms with van der Waals surface area (Å²) in [5, 5.41) is 4.91. The molecule has 2 aromatic rings. The topological polar surface area (TPSA) is 37.8 Å². The monoisotopic (exact) mass is 289 g/mol. The minimum atomic E-state index is 0.483. The lowest BCUT2D eigenvalue weighted by molar-refractivity contribution is 0.614. The van der Waals surface area contributed by atoms with E-state index in [0.717, 1.165) is 10.6 Å². The first-order chi connectivity index (χ1) is 9.79. The van der Waals surface area contributed by atoms with Gasteiger partial charge < -0.3 is 5.32 Å². The molecule has 0 fully saturated rings. The standard InChI is InChI=1S/C16H23N3S/c1-3-4-5-7-11(2)19-15-14-12-8-6-9-13(12)20-16(14)18-10-17-15/h10-11H,3-9H2,1-2H3,(H,17,18,19). The number of rotatable bonds is 6. The van der Waals surface area contributed by atoms with Gasteiger partial charge in [0.2, 0.25) is 0 Å². The summed E-state index contributed by atoms with van der Waals surface area (Å²) in [6.07, 6.45) is 10.5. The predicted octanol–water partition coefficient (Wildman–Crippen LogP) is 4.56. The highest BCUT2D eigenvalue weighted by molar-refractivity contribution is 7.19. The Kier molecular flexibility index (Phi) is 4.20. The van der Waals surface area contributed by atoms with Crippen molar-refractivity contribution in [1.29, 1.82) is 0 Å². The van der Waals surface area contributed by atoms with Crippen LogP contribution < -0.4 is 5.32 Å². The molecule has 0 aromatic carbocycles. The van der Waals surface area contributed by atoms with Crippen molar-refractivity contribution in [3.05, 3.63) is 16.8 Å². The van der Waals surface area contributed by atoms with Crippen LogP contribution in [-0.4, -0.2) is 16.0 Å². The van der Waals surface area contributed by atoms with Gasteiger partial charge in [0.15, 0.2) is 0 Å². The molecule has 2 heterocycles. The van der Waals surface area contributed by atoms with E-state index in [1.807, 2.05) is 11.3 Å². The number of nitrogens with zero attached hydrogens (tertiary/aromatic N) is 2. The van der Waals surface area contributed by atoms with E-state index < -0.39 is 0 Å². The third-order valence-corrected chi connectivity index (χ3v) is 5.32. The van der Waals surface area contributed by atoms with E-state index >= 15 is 0 Å². The minimum absolute atomic E-state index is 0.483. The summed E-state index contributed by atoms with van der Waals surface area (Å²) in [6, 6.07) is 0.483. The largest absolute Gasteiger partial charge is 0.367 e. The Morgan fingerprint density at radius 2 is 2.20 bits per heavy atom. The van der Waals surface area contributed by atoms with E-state index in [1.165, 1.54) is 60.8 Å². The van der Waals surface area contributed by atoms with E-state index in [1.54, 1.807) is 6.33 Å². The molecule has 1 unspecified atom stereocenters. The zero-order chi connectivity index (χ0) is 13.9. The van der Waals surface area contributed by atoms with Crippen molar-refractivity contribution in [2.75, 3.05) is 5.32 Å². The Labute approximate surface area is 124 Å². The lowest BCUT2D eigenvalue weighted by atomic mass is 10.1. The summed E-state index contributed by atoms with van der Waals surface area (Å²) in [4.78, 5) is 11.7. The van der Waals surface area contributed by atoms with Gasteiger partial charge in [-0.25, -0.2) is 9.97 Å². The molecule has 20 heavy (non-hydrogen) atoms. The molecule has 0 radical (unpaired) electrons. The Balaban J connectivity index is 1.81. The fourth-order valence-corrected chi connectivity index (χ4v) is 4.27. The summed E-state index contributed by atoms with van der Waals surface area (Å²) >= 11 is 1.86. The first-order valence-electron chi connectivity index (χ1n) is 7.81. The molecule has 0 bridgehead atoms. The van der Waals surface area contributed by atoms with Crippen LogP contribution >= 0.6 is 11.3 Å². The molecule has 0 aliphatic heterocycles. The van der Waals surface area contributed by atoms with E-state index in [0.29, 0.717) is 6.04 Å². The smallest absolute Gasteiger partial charge is 0.138 e. The summed E-state index contributed by atoms with van der Waals surface area (Å²) in [6.45, 7) is 4.51. The number of unbranched alkanes of at least 4 members (excludes halogenated alkanes) is 2. The molecule has 0 saturated heterocycles. The van der Waals surface area contributed by atoms with Crippen molar-refractivity contribution >= 4 is 27.4 Å². The highest BCUT2D eigenvalue weighted by atomic mass is 32.1. The quantitative estimate of drug-likeness (QED) is 0.792. The van der Waals surface area contributed by atoms with E-state index in [-0.39, 0.29) is 0 Å².